The monoisotopic (exact) mass is 478 g/mol. The lowest BCUT2D eigenvalue weighted by Crippen LogP contribution is -2.59. The Bertz CT molecular complexity index is 1050. The number of hydrogen-bond donors (Lipinski definition) is 1. The molecule has 172 valence electrons. The molecule has 0 saturated carbocycles. The van der Waals surface area contributed by atoms with Gasteiger partial charge in [0.1, 0.15) is 16.0 Å². The number of piperazine rings is 2. The van der Waals surface area contributed by atoms with E-state index in [4.69, 9.17) is 4.74 Å². The van der Waals surface area contributed by atoms with Crippen molar-refractivity contribution >= 4 is 38.9 Å². The van der Waals surface area contributed by atoms with Crippen molar-refractivity contribution in [3.8, 4) is 5.75 Å². The van der Waals surface area contributed by atoms with E-state index in [2.05, 4.69) is 10.2 Å². The van der Waals surface area contributed by atoms with Crippen molar-refractivity contribution in [3.63, 3.8) is 0 Å². The fraction of sp³-hybridized carbons (Fsp3) is 0.429. The lowest BCUT2D eigenvalue weighted by molar-refractivity contribution is -0.137. The van der Waals surface area contributed by atoms with E-state index in [1.54, 1.807) is 23.5 Å². The predicted molar refractivity (Wildman–Crippen MR) is 121 cm³/mol. The summed E-state index contributed by atoms with van der Waals surface area (Å²) in [4.78, 5) is 29.4. The molecule has 1 atom stereocenters. The summed E-state index contributed by atoms with van der Waals surface area (Å²) in [5.41, 5.74) is 1.05. The summed E-state index contributed by atoms with van der Waals surface area (Å²) in [7, 11) is -2.20. The Morgan fingerprint density at radius 3 is 2.47 bits per heavy atom. The minimum atomic E-state index is -3.83. The molecule has 2 amide bonds. The van der Waals surface area contributed by atoms with Crippen LogP contribution in [0.4, 0.5) is 5.69 Å². The summed E-state index contributed by atoms with van der Waals surface area (Å²) in [5.74, 6) is 0.143. The molecule has 0 bridgehead atoms. The third-order valence-electron chi connectivity index (χ3n) is 5.78. The molecule has 2 aliphatic rings. The van der Waals surface area contributed by atoms with Crippen molar-refractivity contribution in [2.75, 3.05) is 51.3 Å². The Morgan fingerprint density at radius 2 is 1.84 bits per heavy atom. The first-order valence-electron chi connectivity index (χ1n) is 10.4. The van der Waals surface area contributed by atoms with E-state index in [1.807, 2.05) is 24.3 Å². The van der Waals surface area contributed by atoms with Gasteiger partial charge in [0.15, 0.2) is 0 Å². The smallest absolute Gasteiger partial charge is 0.253 e. The first-order valence-corrected chi connectivity index (χ1v) is 12.7. The molecule has 32 heavy (non-hydrogen) atoms. The van der Waals surface area contributed by atoms with Crippen LogP contribution in [0.3, 0.4) is 0 Å². The molecule has 3 heterocycles. The minimum absolute atomic E-state index is 0.148. The van der Waals surface area contributed by atoms with Crippen LogP contribution in [0, 0.1) is 0 Å². The van der Waals surface area contributed by atoms with Gasteiger partial charge in [0, 0.05) is 45.0 Å². The number of benzene rings is 1. The minimum Gasteiger partial charge on any atom is -0.497 e. The number of anilines is 1. The second kappa shape index (κ2) is 9.47. The number of carbonyl (C=O) groups excluding carboxylic acids is 2. The average molecular weight is 479 g/mol. The maximum absolute atomic E-state index is 13.0. The van der Waals surface area contributed by atoms with Gasteiger partial charge in [0.2, 0.25) is 11.8 Å². The molecule has 2 aromatic rings. The maximum Gasteiger partial charge on any atom is 0.253 e. The van der Waals surface area contributed by atoms with Crippen molar-refractivity contribution in [1.29, 1.82) is 0 Å². The molecule has 1 aromatic carbocycles. The molecule has 1 aromatic heterocycles. The van der Waals surface area contributed by atoms with Crippen LogP contribution < -0.4 is 15.0 Å². The van der Waals surface area contributed by atoms with Gasteiger partial charge < -0.3 is 19.9 Å². The van der Waals surface area contributed by atoms with Crippen LogP contribution in [0.25, 0.3) is 0 Å². The van der Waals surface area contributed by atoms with Gasteiger partial charge in [-0.25, -0.2) is 8.42 Å². The van der Waals surface area contributed by atoms with E-state index >= 15 is 0 Å². The van der Waals surface area contributed by atoms with Gasteiger partial charge in [0.05, 0.1) is 13.5 Å². The lowest BCUT2D eigenvalue weighted by atomic mass is 10.1. The van der Waals surface area contributed by atoms with Gasteiger partial charge in [-0.05, 0) is 35.7 Å². The van der Waals surface area contributed by atoms with E-state index in [0.717, 1.165) is 22.8 Å². The van der Waals surface area contributed by atoms with Crippen molar-refractivity contribution < 1.29 is 22.7 Å². The Morgan fingerprint density at radius 1 is 1.12 bits per heavy atom. The number of carbonyl (C=O) groups is 2. The molecular weight excluding hydrogens is 452 g/mol. The van der Waals surface area contributed by atoms with Crippen LogP contribution in [0.5, 0.6) is 5.75 Å². The molecular formula is C21H26N4O5S2. The Kier molecular flexibility index (Phi) is 6.68. The number of nitrogens with one attached hydrogen (secondary N) is 1. The second-order valence-corrected chi connectivity index (χ2v) is 10.7. The molecule has 0 spiro atoms. The van der Waals surface area contributed by atoms with Crippen LogP contribution in [-0.2, 0) is 19.6 Å². The number of hydrogen-bond acceptors (Lipinski definition) is 7. The summed E-state index contributed by atoms with van der Waals surface area (Å²) in [6, 6.07) is 9.90. The zero-order valence-corrected chi connectivity index (χ0v) is 19.4. The molecule has 4 rings (SSSR count). The van der Waals surface area contributed by atoms with Crippen molar-refractivity contribution in [1.82, 2.24) is 14.5 Å². The normalized spacial score (nSPS) is 20.2. The molecule has 2 saturated heterocycles. The van der Waals surface area contributed by atoms with Crippen LogP contribution >= 0.6 is 11.3 Å². The summed E-state index contributed by atoms with van der Waals surface area (Å²) in [6.07, 6.45) is -0.168. The van der Waals surface area contributed by atoms with Crippen LogP contribution in [0.15, 0.2) is 46.0 Å². The SMILES string of the molecule is COc1ccc(N2CCN(C(=O)CC3C(=O)NCCN3S(=O)(=O)c3cccs3)CC2)cc1. The number of methoxy groups -OCH3 is 1. The molecule has 2 fully saturated rings. The van der Waals surface area contributed by atoms with Crippen molar-refractivity contribution in [2.45, 2.75) is 16.7 Å². The summed E-state index contributed by atoms with van der Waals surface area (Å²) >= 11 is 1.10. The Hall–Kier alpha value is -2.63. The topological polar surface area (TPSA) is 99.3 Å². The van der Waals surface area contributed by atoms with Gasteiger partial charge in [0.25, 0.3) is 10.0 Å². The van der Waals surface area contributed by atoms with E-state index in [1.165, 1.54) is 10.4 Å². The summed E-state index contributed by atoms with van der Waals surface area (Å²) in [6.45, 7) is 2.72. The highest BCUT2D eigenvalue weighted by atomic mass is 32.2. The molecule has 2 aliphatic heterocycles. The van der Waals surface area contributed by atoms with Gasteiger partial charge in [-0.3, -0.25) is 9.59 Å². The fourth-order valence-electron chi connectivity index (χ4n) is 4.00. The first kappa shape index (κ1) is 22.6. The van der Waals surface area contributed by atoms with Crippen LogP contribution in [-0.4, -0.2) is 81.9 Å². The highest BCUT2D eigenvalue weighted by Gasteiger charge is 2.41. The van der Waals surface area contributed by atoms with E-state index in [0.29, 0.717) is 26.2 Å². The number of nitrogens with zero attached hydrogens (tertiary/aromatic N) is 3. The second-order valence-electron chi connectivity index (χ2n) is 7.62. The number of rotatable bonds is 6. The lowest BCUT2D eigenvalue weighted by Gasteiger charge is -2.38. The summed E-state index contributed by atoms with van der Waals surface area (Å²) in [5, 5.41) is 4.37. The molecule has 1 N–H and O–H groups in total. The van der Waals surface area contributed by atoms with E-state index in [9.17, 15) is 18.0 Å². The number of ether oxygens (including phenoxy) is 1. The van der Waals surface area contributed by atoms with Crippen molar-refractivity contribution in [2.24, 2.45) is 0 Å². The zero-order chi connectivity index (χ0) is 22.7. The van der Waals surface area contributed by atoms with E-state index < -0.39 is 22.0 Å². The highest BCUT2D eigenvalue weighted by Crippen LogP contribution is 2.26. The standard InChI is InChI=1S/C21H26N4O5S2/c1-30-17-6-4-16(5-7-17)23-10-12-24(13-11-23)19(26)15-18-21(27)22-8-9-25(18)32(28,29)20-3-2-14-31-20/h2-7,14,18H,8-13,15H2,1H3,(H,22,27). The third kappa shape index (κ3) is 4.59. The Labute approximate surface area is 191 Å². The summed E-state index contributed by atoms with van der Waals surface area (Å²) < 4.78 is 32.6. The number of amides is 2. The Balaban J connectivity index is 1.40. The van der Waals surface area contributed by atoms with E-state index in [-0.39, 0.29) is 29.6 Å². The maximum atomic E-state index is 13.0. The predicted octanol–water partition coefficient (Wildman–Crippen LogP) is 0.985. The van der Waals surface area contributed by atoms with Gasteiger partial charge >= 0.3 is 0 Å². The van der Waals surface area contributed by atoms with Crippen LogP contribution in [0.2, 0.25) is 0 Å². The van der Waals surface area contributed by atoms with Gasteiger partial charge in [-0.1, -0.05) is 6.07 Å². The number of sulfonamides is 1. The molecule has 0 aliphatic carbocycles. The van der Waals surface area contributed by atoms with Crippen molar-refractivity contribution in [3.05, 3.63) is 41.8 Å². The largest absolute Gasteiger partial charge is 0.497 e. The molecule has 9 nitrogen and oxygen atoms in total. The molecule has 11 heteroatoms. The highest BCUT2D eigenvalue weighted by molar-refractivity contribution is 7.91. The third-order valence-corrected chi connectivity index (χ3v) is 9.06. The average Bonchev–Trinajstić information content (AvgIpc) is 3.36. The van der Waals surface area contributed by atoms with Gasteiger partial charge in [-0.15, -0.1) is 11.3 Å². The fourth-order valence-corrected chi connectivity index (χ4v) is 6.71. The van der Waals surface area contributed by atoms with Crippen LogP contribution in [0.1, 0.15) is 6.42 Å². The zero-order valence-electron chi connectivity index (χ0n) is 17.8. The van der Waals surface area contributed by atoms with Gasteiger partial charge in [-0.2, -0.15) is 4.31 Å². The quantitative estimate of drug-likeness (QED) is 0.665. The molecule has 1 unspecified atom stereocenters. The number of thiophene rings is 1. The first-order chi connectivity index (χ1) is 15.4. The molecule has 0 radical (unpaired) electrons.